The summed E-state index contributed by atoms with van der Waals surface area (Å²) >= 11 is 0.888. The van der Waals surface area contributed by atoms with E-state index >= 15 is 0 Å². The topological polar surface area (TPSA) is 87.8 Å². The molecule has 0 unspecified atom stereocenters. The molecule has 2 aromatic rings. The first kappa shape index (κ1) is 14.8. The van der Waals surface area contributed by atoms with E-state index in [9.17, 15) is 13.2 Å². The van der Waals surface area contributed by atoms with E-state index in [1.54, 1.807) is 19.1 Å². The van der Waals surface area contributed by atoms with Crippen molar-refractivity contribution in [3.8, 4) is 0 Å². The number of thiophene rings is 1. The SMILES string of the molecule is Cc1ccc(CN(C)S(=O)(=O)c2cc(C(=O)O)cs2)o1. The van der Waals surface area contributed by atoms with Crippen LogP contribution in [-0.4, -0.2) is 30.8 Å². The lowest BCUT2D eigenvalue weighted by atomic mass is 10.4. The van der Waals surface area contributed by atoms with Gasteiger partial charge in [-0.3, -0.25) is 0 Å². The third kappa shape index (κ3) is 2.92. The quantitative estimate of drug-likeness (QED) is 0.913. The minimum absolute atomic E-state index is 0.000628. The zero-order valence-electron chi connectivity index (χ0n) is 10.9. The maximum Gasteiger partial charge on any atom is 0.336 e. The van der Waals surface area contributed by atoms with Crippen LogP contribution >= 0.6 is 11.3 Å². The molecule has 0 fully saturated rings. The van der Waals surface area contributed by atoms with Gasteiger partial charge in [0.2, 0.25) is 0 Å². The monoisotopic (exact) mass is 315 g/mol. The van der Waals surface area contributed by atoms with E-state index in [1.165, 1.54) is 12.4 Å². The number of hydrogen-bond donors (Lipinski definition) is 1. The number of nitrogens with zero attached hydrogens (tertiary/aromatic N) is 1. The van der Waals surface area contributed by atoms with Crippen molar-refractivity contribution in [2.45, 2.75) is 17.7 Å². The highest BCUT2D eigenvalue weighted by Gasteiger charge is 2.24. The van der Waals surface area contributed by atoms with Gasteiger partial charge in [-0.05, 0) is 25.1 Å². The first-order valence-corrected chi connectivity index (χ1v) is 7.96. The van der Waals surface area contributed by atoms with Gasteiger partial charge in [-0.25, -0.2) is 13.2 Å². The lowest BCUT2D eigenvalue weighted by Crippen LogP contribution is -2.25. The molecule has 0 radical (unpaired) electrons. The smallest absolute Gasteiger partial charge is 0.336 e. The number of carbonyl (C=O) groups is 1. The molecule has 2 heterocycles. The Kier molecular flexibility index (Phi) is 3.98. The molecular formula is C12H13NO5S2. The van der Waals surface area contributed by atoms with Crippen LogP contribution in [0.4, 0.5) is 0 Å². The van der Waals surface area contributed by atoms with Crippen LogP contribution < -0.4 is 0 Å². The standard InChI is InChI=1S/C12H13NO5S2/c1-8-3-4-10(18-8)6-13(2)20(16,17)11-5-9(7-19-11)12(14)15/h3-5,7H,6H2,1-2H3,(H,14,15). The Morgan fingerprint density at radius 3 is 2.65 bits per heavy atom. The summed E-state index contributed by atoms with van der Waals surface area (Å²) in [6, 6.07) is 4.62. The molecular weight excluding hydrogens is 302 g/mol. The van der Waals surface area contributed by atoms with Crippen LogP contribution in [0.3, 0.4) is 0 Å². The number of carboxylic acid groups (broad SMARTS) is 1. The molecule has 0 aromatic carbocycles. The minimum atomic E-state index is -3.71. The molecule has 0 saturated heterocycles. The van der Waals surface area contributed by atoms with E-state index in [0.717, 1.165) is 21.7 Å². The van der Waals surface area contributed by atoms with Crippen LogP contribution in [0.15, 0.2) is 32.2 Å². The highest BCUT2D eigenvalue weighted by Crippen LogP contribution is 2.24. The number of carboxylic acids is 1. The van der Waals surface area contributed by atoms with Crippen molar-refractivity contribution in [3.63, 3.8) is 0 Å². The molecule has 20 heavy (non-hydrogen) atoms. The van der Waals surface area contributed by atoms with E-state index in [0.29, 0.717) is 11.5 Å². The maximum atomic E-state index is 12.3. The Labute approximate surface area is 120 Å². The van der Waals surface area contributed by atoms with Gasteiger partial charge in [-0.1, -0.05) is 0 Å². The second kappa shape index (κ2) is 5.39. The average molecular weight is 315 g/mol. The molecule has 6 nitrogen and oxygen atoms in total. The van der Waals surface area contributed by atoms with E-state index in [1.807, 2.05) is 0 Å². The molecule has 2 aromatic heterocycles. The second-order valence-electron chi connectivity index (χ2n) is 4.23. The van der Waals surface area contributed by atoms with Crippen molar-refractivity contribution < 1.29 is 22.7 Å². The van der Waals surface area contributed by atoms with E-state index in [2.05, 4.69) is 0 Å². The van der Waals surface area contributed by atoms with Gasteiger partial charge in [0.15, 0.2) is 0 Å². The lowest BCUT2D eigenvalue weighted by molar-refractivity contribution is 0.0697. The molecule has 108 valence electrons. The Morgan fingerprint density at radius 1 is 1.45 bits per heavy atom. The highest BCUT2D eigenvalue weighted by atomic mass is 32.2. The Balaban J connectivity index is 2.22. The molecule has 0 atom stereocenters. The maximum absolute atomic E-state index is 12.3. The fraction of sp³-hybridized carbons (Fsp3) is 0.250. The molecule has 0 saturated carbocycles. The summed E-state index contributed by atoms with van der Waals surface area (Å²) in [5, 5.41) is 10.1. The number of rotatable bonds is 5. The third-order valence-electron chi connectivity index (χ3n) is 2.66. The van der Waals surface area contributed by atoms with Crippen molar-refractivity contribution in [3.05, 3.63) is 40.7 Å². The van der Waals surface area contributed by atoms with Gasteiger partial charge in [0.05, 0.1) is 12.1 Å². The van der Waals surface area contributed by atoms with Crippen LogP contribution in [0, 0.1) is 6.92 Å². The summed E-state index contributed by atoms with van der Waals surface area (Å²) in [6.07, 6.45) is 0. The molecule has 2 rings (SSSR count). The fourth-order valence-electron chi connectivity index (χ4n) is 1.59. The van der Waals surface area contributed by atoms with Crippen molar-refractivity contribution in [2.24, 2.45) is 0 Å². The number of hydrogen-bond acceptors (Lipinski definition) is 5. The lowest BCUT2D eigenvalue weighted by Gasteiger charge is -2.14. The zero-order chi connectivity index (χ0) is 14.9. The molecule has 0 bridgehead atoms. The Morgan fingerprint density at radius 2 is 2.15 bits per heavy atom. The predicted octanol–water partition coefficient (Wildman–Crippen LogP) is 2.17. The van der Waals surface area contributed by atoms with Crippen LogP contribution in [0.5, 0.6) is 0 Å². The van der Waals surface area contributed by atoms with Crippen LogP contribution in [0.1, 0.15) is 21.9 Å². The first-order chi connectivity index (χ1) is 9.30. The third-order valence-corrected chi connectivity index (χ3v) is 5.88. The van der Waals surface area contributed by atoms with Crippen LogP contribution in [-0.2, 0) is 16.6 Å². The summed E-state index contributed by atoms with van der Waals surface area (Å²) in [4.78, 5) is 10.8. The van der Waals surface area contributed by atoms with Gasteiger partial charge in [0.1, 0.15) is 15.7 Å². The molecule has 8 heteroatoms. The number of furan rings is 1. The van der Waals surface area contributed by atoms with E-state index < -0.39 is 16.0 Å². The summed E-state index contributed by atoms with van der Waals surface area (Å²) in [6.45, 7) is 1.87. The highest BCUT2D eigenvalue weighted by molar-refractivity contribution is 7.91. The van der Waals surface area contributed by atoms with Crippen LogP contribution in [0.2, 0.25) is 0 Å². The van der Waals surface area contributed by atoms with Gasteiger partial charge in [0.25, 0.3) is 10.0 Å². The molecule has 0 aliphatic carbocycles. The van der Waals surface area contributed by atoms with Gasteiger partial charge in [0, 0.05) is 12.4 Å². The van der Waals surface area contributed by atoms with Gasteiger partial charge in [-0.2, -0.15) is 4.31 Å². The summed E-state index contributed by atoms with van der Waals surface area (Å²) < 4.78 is 31.0. The number of aromatic carboxylic acids is 1. The van der Waals surface area contributed by atoms with Gasteiger partial charge >= 0.3 is 5.97 Å². The second-order valence-corrected chi connectivity index (χ2v) is 7.42. The van der Waals surface area contributed by atoms with Gasteiger partial charge < -0.3 is 9.52 Å². The minimum Gasteiger partial charge on any atom is -0.478 e. The Hall–Kier alpha value is -1.64. The zero-order valence-corrected chi connectivity index (χ0v) is 12.5. The van der Waals surface area contributed by atoms with Crippen LogP contribution in [0.25, 0.3) is 0 Å². The first-order valence-electron chi connectivity index (χ1n) is 5.64. The summed E-state index contributed by atoms with van der Waals surface area (Å²) in [5.74, 6) is 0.0886. The molecule has 0 aliphatic rings. The molecule has 1 N–H and O–H groups in total. The molecule has 0 amide bonds. The van der Waals surface area contributed by atoms with E-state index in [4.69, 9.17) is 9.52 Å². The normalized spacial score (nSPS) is 11.9. The van der Waals surface area contributed by atoms with Crippen molar-refractivity contribution >= 4 is 27.3 Å². The van der Waals surface area contributed by atoms with Gasteiger partial charge in [-0.15, -0.1) is 11.3 Å². The number of aryl methyl sites for hydroxylation is 1. The van der Waals surface area contributed by atoms with Crippen molar-refractivity contribution in [2.75, 3.05) is 7.05 Å². The van der Waals surface area contributed by atoms with Crippen molar-refractivity contribution in [1.82, 2.24) is 4.31 Å². The summed E-state index contributed by atoms with van der Waals surface area (Å²) in [5.41, 5.74) is -0.0316. The molecule has 0 spiro atoms. The molecule has 0 aliphatic heterocycles. The summed E-state index contributed by atoms with van der Waals surface area (Å²) in [7, 11) is -2.29. The fourth-order valence-corrected chi connectivity index (χ4v) is 4.09. The average Bonchev–Trinajstić information content (AvgIpc) is 2.98. The largest absolute Gasteiger partial charge is 0.478 e. The Bertz CT molecular complexity index is 729. The van der Waals surface area contributed by atoms with E-state index in [-0.39, 0.29) is 16.3 Å². The predicted molar refractivity (Wildman–Crippen MR) is 73.4 cm³/mol. The number of sulfonamides is 1. The van der Waals surface area contributed by atoms with Crippen molar-refractivity contribution in [1.29, 1.82) is 0 Å².